The van der Waals surface area contributed by atoms with E-state index in [0.717, 1.165) is 0 Å². The zero-order chi connectivity index (χ0) is 14.4. The van der Waals surface area contributed by atoms with Crippen LogP contribution in [0.1, 0.15) is 20.3 Å². The fraction of sp³-hybridized carbons (Fsp3) is 0.500. The minimum absolute atomic E-state index is 0.0163. The highest BCUT2D eigenvalue weighted by atomic mass is 35.5. The van der Waals surface area contributed by atoms with Crippen molar-refractivity contribution in [3.8, 4) is 0 Å². The van der Waals surface area contributed by atoms with Crippen molar-refractivity contribution < 1.29 is 4.79 Å². The lowest BCUT2D eigenvalue weighted by molar-refractivity contribution is -0.120. The number of carbonyl (C=O) groups is 1. The highest BCUT2D eigenvalue weighted by Gasteiger charge is 2.08. The standard InChI is InChI=1S/C12H16Cl3N3O/c1-7(2)6-17-10(19)3-4-16-12-9(14)5-8(13)11(15)18-12/h5,7H,3-4,6H2,1-2H3,(H,16,18)(H,17,19). The van der Waals surface area contributed by atoms with E-state index >= 15 is 0 Å². The third-order valence-electron chi connectivity index (χ3n) is 2.24. The average molecular weight is 325 g/mol. The predicted molar refractivity (Wildman–Crippen MR) is 80.2 cm³/mol. The molecule has 0 spiro atoms. The first-order chi connectivity index (χ1) is 8.90. The molecule has 0 aliphatic heterocycles. The summed E-state index contributed by atoms with van der Waals surface area (Å²) in [4.78, 5) is 15.5. The molecule has 2 N–H and O–H groups in total. The molecular weight excluding hydrogens is 309 g/mol. The van der Waals surface area contributed by atoms with E-state index in [1.165, 1.54) is 6.07 Å². The largest absolute Gasteiger partial charge is 0.368 e. The van der Waals surface area contributed by atoms with Crippen molar-refractivity contribution in [2.45, 2.75) is 20.3 Å². The van der Waals surface area contributed by atoms with Gasteiger partial charge in [-0.2, -0.15) is 0 Å². The van der Waals surface area contributed by atoms with Gasteiger partial charge in [-0.15, -0.1) is 0 Å². The Labute approximate surface area is 127 Å². The highest BCUT2D eigenvalue weighted by molar-refractivity contribution is 6.42. The van der Waals surface area contributed by atoms with Gasteiger partial charge in [-0.25, -0.2) is 4.98 Å². The van der Waals surface area contributed by atoms with Gasteiger partial charge in [-0.3, -0.25) is 4.79 Å². The van der Waals surface area contributed by atoms with Crippen LogP contribution in [0, 0.1) is 5.92 Å². The van der Waals surface area contributed by atoms with Gasteiger partial charge in [0, 0.05) is 19.5 Å². The summed E-state index contributed by atoms with van der Waals surface area (Å²) in [5.41, 5.74) is 0. The summed E-state index contributed by atoms with van der Waals surface area (Å²) in [6, 6.07) is 1.51. The van der Waals surface area contributed by atoms with Crippen molar-refractivity contribution in [2.24, 2.45) is 5.92 Å². The van der Waals surface area contributed by atoms with Crippen molar-refractivity contribution in [2.75, 3.05) is 18.4 Å². The van der Waals surface area contributed by atoms with E-state index < -0.39 is 0 Å². The topological polar surface area (TPSA) is 54.0 Å². The molecule has 1 rings (SSSR count). The zero-order valence-corrected chi connectivity index (χ0v) is 13.0. The molecule has 19 heavy (non-hydrogen) atoms. The normalized spacial score (nSPS) is 10.6. The SMILES string of the molecule is CC(C)CNC(=O)CCNc1nc(Cl)c(Cl)cc1Cl. The van der Waals surface area contributed by atoms with Crippen LogP contribution in [0.25, 0.3) is 0 Å². The molecule has 1 aromatic heterocycles. The summed E-state index contributed by atoms with van der Waals surface area (Å²) >= 11 is 17.5. The van der Waals surface area contributed by atoms with E-state index in [1.807, 2.05) is 13.8 Å². The molecule has 0 aliphatic rings. The van der Waals surface area contributed by atoms with Crippen molar-refractivity contribution in [3.63, 3.8) is 0 Å². The molecule has 0 radical (unpaired) electrons. The number of hydrogen-bond acceptors (Lipinski definition) is 3. The number of rotatable bonds is 6. The van der Waals surface area contributed by atoms with Crippen LogP contribution in [-0.4, -0.2) is 24.0 Å². The molecule has 1 amide bonds. The Morgan fingerprint density at radius 3 is 2.63 bits per heavy atom. The van der Waals surface area contributed by atoms with Crippen LogP contribution in [0.3, 0.4) is 0 Å². The van der Waals surface area contributed by atoms with Crippen molar-refractivity contribution in [1.29, 1.82) is 0 Å². The number of aromatic nitrogens is 1. The lowest BCUT2D eigenvalue weighted by Crippen LogP contribution is -2.28. The van der Waals surface area contributed by atoms with E-state index in [0.29, 0.717) is 41.3 Å². The molecule has 0 saturated carbocycles. The number of amides is 1. The predicted octanol–water partition coefficient (Wildman–Crippen LogP) is 3.62. The molecule has 7 heteroatoms. The maximum atomic E-state index is 11.5. The highest BCUT2D eigenvalue weighted by Crippen LogP contribution is 2.28. The molecule has 1 heterocycles. The van der Waals surface area contributed by atoms with Gasteiger partial charge in [0.05, 0.1) is 10.0 Å². The molecule has 0 bridgehead atoms. The smallest absolute Gasteiger partial charge is 0.221 e. The third kappa shape index (κ3) is 5.85. The molecular formula is C12H16Cl3N3O. The number of nitrogens with zero attached hydrogens (tertiary/aromatic N) is 1. The fourth-order valence-electron chi connectivity index (χ4n) is 1.27. The first kappa shape index (κ1) is 16.3. The van der Waals surface area contributed by atoms with Gasteiger partial charge in [0.15, 0.2) is 0 Å². The van der Waals surface area contributed by atoms with Crippen LogP contribution in [0.2, 0.25) is 15.2 Å². The molecule has 0 fully saturated rings. The lowest BCUT2D eigenvalue weighted by atomic mass is 10.2. The van der Waals surface area contributed by atoms with Gasteiger partial charge in [-0.05, 0) is 12.0 Å². The Bertz CT molecular complexity index is 452. The van der Waals surface area contributed by atoms with E-state index in [1.54, 1.807) is 0 Å². The first-order valence-corrected chi connectivity index (χ1v) is 7.05. The molecule has 4 nitrogen and oxygen atoms in total. The summed E-state index contributed by atoms with van der Waals surface area (Å²) in [7, 11) is 0. The average Bonchev–Trinajstić information content (AvgIpc) is 2.33. The Balaban J connectivity index is 2.41. The monoisotopic (exact) mass is 323 g/mol. The summed E-state index contributed by atoms with van der Waals surface area (Å²) in [5.74, 6) is 0.841. The first-order valence-electron chi connectivity index (χ1n) is 5.92. The second-order valence-corrected chi connectivity index (χ2v) is 5.64. The van der Waals surface area contributed by atoms with Crippen LogP contribution < -0.4 is 10.6 Å². The van der Waals surface area contributed by atoms with E-state index in [9.17, 15) is 4.79 Å². The minimum Gasteiger partial charge on any atom is -0.368 e. The van der Waals surface area contributed by atoms with Crippen molar-refractivity contribution in [1.82, 2.24) is 10.3 Å². The van der Waals surface area contributed by atoms with Gasteiger partial charge in [0.2, 0.25) is 5.91 Å². The summed E-state index contributed by atoms with van der Waals surface area (Å²) in [6.45, 7) is 5.18. The molecule has 106 valence electrons. The zero-order valence-electron chi connectivity index (χ0n) is 10.8. The van der Waals surface area contributed by atoms with Crippen LogP contribution in [0.4, 0.5) is 5.82 Å². The fourth-order valence-corrected chi connectivity index (χ4v) is 1.83. The van der Waals surface area contributed by atoms with Crippen LogP contribution >= 0.6 is 34.8 Å². The Kier molecular flexibility index (Phi) is 6.69. The van der Waals surface area contributed by atoms with E-state index in [-0.39, 0.29) is 11.1 Å². The maximum Gasteiger partial charge on any atom is 0.221 e. The summed E-state index contributed by atoms with van der Waals surface area (Å²) in [5, 5.41) is 6.63. The number of nitrogens with one attached hydrogen (secondary N) is 2. The van der Waals surface area contributed by atoms with Gasteiger partial charge >= 0.3 is 0 Å². The number of pyridine rings is 1. The lowest BCUT2D eigenvalue weighted by Gasteiger charge is -2.10. The van der Waals surface area contributed by atoms with Crippen LogP contribution in [0.5, 0.6) is 0 Å². The van der Waals surface area contributed by atoms with Gasteiger partial charge in [0.1, 0.15) is 11.0 Å². The maximum absolute atomic E-state index is 11.5. The van der Waals surface area contributed by atoms with Crippen molar-refractivity contribution >= 4 is 46.5 Å². The van der Waals surface area contributed by atoms with Crippen LogP contribution in [0.15, 0.2) is 6.07 Å². The minimum atomic E-state index is -0.0163. The summed E-state index contributed by atoms with van der Waals surface area (Å²) in [6.07, 6.45) is 0.338. The van der Waals surface area contributed by atoms with E-state index in [2.05, 4.69) is 15.6 Å². The molecule has 0 aromatic carbocycles. The number of halogens is 3. The second kappa shape index (κ2) is 7.78. The van der Waals surface area contributed by atoms with E-state index in [4.69, 9.17) is 34.8 Å². The quantitative estimate of drug-likeness (QED) is 0.786. The molecule has 0 saturated heterocycles. The summed E-state index contributed by atoms with van der Waals surface area (Å²) < 4.78 is 0. The number of hydrogen-bond donors (Lipinski definition) is 2. The molecule has 0 aliphatic carbocycles. The third-order valence-corrected chi connectivity index (χ3v) is 3.20. The van der Waals surface area contributed by atoms with Crippen LogP contribution in [-0.2, 0) is 4.79 Å². The Morgan fingerprint density at radius 1 is 1.32 bits per heavy atom. The molecule has 1 aromatic rings. The van der Waals surface area contributed by atoms with Gasteiger partial charge < -0.3 is 10.6 Å². The molecule has 0 unspecified atom stereocenters. The van der Waals surface area contributed by atoms with Gasteiger partial charge in [-0.1, -0.05) is 48.7 Å². The number of anilines is 1. The Hall–Kier alpha value is -0.710. The molecule has 0 atom stereocenters. The van der Waals surface area contributed by atoms with Gasteiger partial charge in [0.25, 0.3) is 0 Å². The number of carbonyl (C=O) groups excluding carboxylic acids is 1. The Morgan fingerprint density at radius 2 is 2.00 bits per heavy atom. The second-order valence-electron chi connectivity index (χ2n) is 4.47. The van der Waals surface area contributed by atoms with Crippen molar-refractivity contribution in [3.05, 3.63) is 21.3 Å².